The SMILES string of the molecule is CC(F)C1(C(N)=O)CN(C(=O)OC(C)(C)C)C1. The van der Waals surface area contributed by atoms with Crippen LogP contribution in [0.4, 0.5) is 9.18 Å². The highest BCUT2D eigenvalue weighted by molar-refractivity contribution is 5.85. The lowest BCUT2D eigenvalue weighted by molar-refractivity contribution is -0.144. The van der Waals surface area contributed by atoms with Gasteiger partial charge < -0.3 is 15.4 Å². The molecule has 1 atom stereocenters. The summed E-state index contributed by atoms with van der Waals surface area (Å²) < 4.78 is 18.5. The molecule has 17 heavy (non-hydrogen) atoms. The molecule has 0 saturated carbocycles. The molecule has 0 aromatic rings. The van der Waals surface area contributed by atoms with Crippen LogP contribution < -0.4 is 5.73 Å². The molecule has 1 fully saturated rings. The van der Waals surface area contributed by atoms with E-state index in [9.17, 15) is 14.0 Å². The Morgan fingerprint density at radius 2 is 1.88 bits per heavy atom. The Hall–Kier alpha value is -1.33. The molecule has 2 amide bonds. The minimum Gasteiger partial charge on any atom is -0.444 e. The Bertz CT molecular complexity index is 330. The fraction of sp³-hybridized carbons (Fsp3) is 0.818. The second-order valence-corrected chi connectivity index (χ2v) is 5.47. The lowest BCUT2D eigenvalue weighted by atomic mass is 9.75. The highest BCUT2D eigenvalue weighted by atomic mass is 19.1. The highest BCUT2D eigenvalue weighted by Gasteiger charge is 2.55. The van der Waals surface area contributed by atoms with Gasteiger partial charge in [-0.25, -0.2) is 9.18 Å². The summed E-state index contributed by atoms with van der Waals surface area (Å²) in [5.74, 6) is -0.715. The Morgan fingerprint density at radius 1 is 1.41 bits per heavy atom. The van der Waals surface area contributed by atoms with Gasteiger partial charge >= 0.3 is 6.09 Å². The molecule has 1 aliphatic rings. The number of rotatable bonds is 2. The Morgan fingerprint density at radius 3 is 2.18 bits per heavy atom. The van der Waals surface area contributed by atoms with Crippen molar-refractivity contribution in [2.45, 2.75) is 39.5 Å². The number of alkyl halides is 1. The van der Waals surface area contributed by atoms with Crippen molar-refractivity contribution in [2.75, 3.05) is 13.1 Å². The summed E-state index contributed by atoms with van der Waals surface area (Å²) in [6, 6.07) is 0. The van der Waals surface area contributed by atoms with Crippen molar-refractivity contribution in [1.82, 2.24) is 4.90 Å². The molecule has 6 heteroatoms. The monoisotopic (exact) mass is 246 g/mol. The molecule has 0 aromatic heterocycles. The van der Waals surface area contributed by atoms with Gasteiger partial charge in [-0.2, -0.15) is 0 Å². The first-order valence-corrected chi connectivity index (χ1v) is 5.50. The third kappa shape index (κ3) is 2.68. The van der Waals surface area contributed by atoms with Crippen LogP contribution in [-0.2, 0) is 9.53 Å². The molecule has 2 N–H and O–H groups in total. The summed E-state index contributed by atoms with van der Waals surface area (Å²) in [5, 5.41) is 0. The second-order valence-electron chi connectivity index (χ2n) is 5.47. The van der Waals surface area contributed by atoms with Crippen LogP contribution in [0, 0.1) is 5.41 Å². The number of hydrogen-bond donors (Lipinski definition) is 1. The summed E-state index contributed by atoms with van der Waals surface area (Å²) >= 11 is 0. The molecule has 1 rings (SSSR count). The van der Waals surface area contributed by atoms with Crippen LogP contribution >= 0.6 is 0 Å². The minimum atomic E-state index is -1.38. The topological polar surface area (TPSA) is 72.6 Å². The Kier molecular flexibility index (Phi) is 3.36. The molecule has 1 heterocycles. The molecule has 0 aliphatic carbocycles. The van der Waals surface area contributed by atoms with Gasteiger partial charge in [-0.1, -0.05) is 0 Å². The van der Waals surface area contributed by atoms with Gasteiger partial charge in [0.05, 0.1) is 0 Å². The van der Waals surface area contributed by atoms with Gasteiger partial charge in [0.2, 0.25) is 5.91 Å². The van der Waals surface area contributed by atoms with Crippen LogP contribution in [0.3, 0.4) is 0 Å². The van der Waals surface area contributed by atoms with Crippen LogP contribution in [-0.4, -0.2) is 41.8 Å². The first kappa shape index (κ1) is 13.7. The fourth-order valence-electron chi connectivity index (χ4n) is 1.69. The quantitative estimate of drug-likeness (QED) is 0.792. The van der Waals surface area contributed by atoms with Gasteiger partial charge in [-0.3, -0.25) is 4.79 Å². The zero-order chi connectivity index (χ0) is 13.4. The molecule has 5 nitrogen and oxygen atoms in total. The van der Waals surface area contributed by atoms with Crippen molar-refractivity contribution in [3.8, 4) is 0 Å². The maximum Gasteiger partial charge on any atom is 0.410 e. The second kappa shape index (κ2) is 4.16. The minimum absolute atomic E-state index is 0.0189. The van der Waals surface area contributed by atoms with Crippen LogP contribution in [0.1, 0.15) is 27.7 Å². The van der Waals surface area contributed by atoms with E-state index in [0.717, 1.165) is 0 Å². The molecule has 1 unspecified atom stereocenters. The van der Waals surface area contributed by atoms with Crippen molar-refractivity contribution in [2.24, 2.45) is 11.1 Å². The average Bonchev–Trinajstić information content (AvgIpc) is 1.95. The van der Waals surface area contributed by atoms with Crippen molar-refractivity contribution in [3.63, 3.8) is 0 Å². The molecule has 98 valence electrons. The predicted octanol–water partition coefficient (Wildman–Crippen LogP) is 1.07. The van der Waals surface area contributed by atoms with E-state index in [1.165, 1.54) is 11.8 Å². The fourth-order valence-corrected chi connectivity index (χ4v) is 1.69. The molecular formula is C11H19FN2O3. The van der Waals surface area contributed by atoms with Crippen LogP contribution in [0.2, 0.25) is 0 Å². The number of ether oxygens (including phenoxy) is 1. The molecule has 0 radical (unpaired) electrons. The van der Waals surface area contributed by atoms with Crippen molar-refractivity contribution < 1.29 is 18.7 Å². The van der Waals surface area contributed by atoms with Gasteiger partial charge in [-0.15, -0.1) is 0 Å². The molecule has 0 bridgehead atoms. The maximum absolute atomic E-state index is 13.3. The summed E-state index contributed by atoms with van der Waals surface area (Å²) in [7, 11) is 0. The summed E-state index contributed by atoms with van der Waals surface area (Å²) in [6.07, 6.45) is -1.92. The average molecular weight is 246 g/mol. The van der Waals surface area contributed by atoms with E-state index in [2.05, 4.69) is 0 Å². The number of amides is 2. The van der Waals surface area contributed by atoms with E-state index in [4.69, 9.17) is 10.5 Å². The number of primary amides is 1. The number of carbonyl (C=O) groups excluding carboxylic acids is 2. The first-order chi connectivity index (χ1) is 7.58. The van der Waals surface area contributed by atoms with E-state index in [-0.39, 0.29) is 13.1 Å². The van der Waals surface area contributed by atoms with Gasteiger partial charge in [0.25, 0.3) is 0 Å². The number of nitrogens with zero attached hydrogens (tertiary/aromatic N) is 1. The van der Waals surface area contributed by atoms with E-state index >= 15 is 0 Å². The predicted molar refractivity (Wildman–Crippen MR) is 60.0 cm³/mol. The number of halogens is 1. The smallest absolute Gasteiger partial charge is 0.410 e. The van der Waals surface area contributed by atoms with Crippen LogP contribution in [0.15, 0.2) is 0 Å². The van der Waals surface area contributed by atoms with Crippen LogP contribution in [0.5, 0.6) is 0 Å². The zero-order valence-electron chi connectivity index (χ0n) is 10.6. The Balaban J connectivity index is 2.61. The number of hydrogen-bond acceptors (Lipinski definition) is 3. The lowest BCUT2D eigenvalue weighted by Crippen LogP contribution is -2.67. The standard InChI is InChI=1S/C11H19FN2O3/c1-7(12)11(8(13)15)5-14(6-11)9(16)17-10(2,3)4/h7H,5-6H2,1-4H3,(H2,13,15). The maximum atomic E-state index is 13.3. The highest BCUT2D eigenvalue weighted by Crippen LogP contribution is 2.36. The van der Waals surface area contributed by atoms with Crippen LogP contribution in [0.25, 0.3) is 0 Å². The van der Waals surface area contributed by atoms with Gasteiger partial charge in [-0.05, 0) is 27.7 Å². The van der Waals surface area contributed by atoms with Crippen molar-refractivity contribution in [1.29, 1.82) is 0 Å². The normalized spacial score (nSPS) is 20.4. The third-order valence-corrected chi connectivity index (χ3v) is 2.85. The number of carbonyl (C=O) groups is 2. The lowest BCUT2D eigenvalue weighted by Gasteiger charge is -2.48. The number of nitrogens with two attached hydrogens (primary N) is 1. The summed E-state index contributed by atoms with van der Waals surface area (Å²) in [5.41, 5.74) is 3.30. The van der Waals surface area contributed by atoms with E-state index in [1.54, 1.807) is 20.8 Å². The molecular weight excluding hydrogens is 227 g/mol. The van der Waals surface area contributed by atoms with Crippen molar-refractivity contribution >= 4 is 12.0 Å². The molecule has 1 saturated heterocycles. The summed E-state index contributed by atoms with van der Waals surface area (Å²) in [6.45, 7) is 6.46. The summed E-state index contributed by atoms with van der Waals surface area (Å²) in [4.78, 5) is 24.1. The first-order valence-electron chi connectivity index (χ1n) is 5.50. The Labute approximate surface area is 100 Å². The van der Waals surface area contributed by atoms with Crippen molar-refractivity contribution in [3.05, 3.63) is 0 Å². The third-order valence-electron chi connectivity index (χ3n) is 2.85. The van der Waals surface area contributed by atoms with E-state index in [1.807, 2.05) is 0 Å². The van der Waals surface area contributed by atoms with Gasteiger partial charge in [0, 0.05) is 13.1 Å². The molecule has 0 spiro atoms. The van der Waals surface area contributed by atoms with Gasteiger partial charge in [0.1, 0.15) is 17.2 Å². The van der Waals surface area contributed by atoms with E-state index < -0.39 is 29.2 Å². The molecule has 0 aromatic carbocycles. The number of likely N-dealkylation sites (tertiary alicyclic amines) is 1. The molecule has 1 aliphatic heterocycles. The van der Waals surface area contributed by atoms with E-state index in [0.29, 0.717) is 0 Å². The largest absolute Gasteiger partial charge is 0.444 e. The zero-order valence-corrected chi connectivity index (χ0v) is 10.6. The van der Waals surface area contributed by atoms with Gasteiger partial charge in [0.15, 0.2) is 0 Å².